The molecule has 0 aromatic rings. The second kappa shape index (κ2) is 7.60. The molecule has 0 aromatic heterocycles. The van der Waals surface area contributed by atoms with Crippen molar-refractivity contribution in [1.82, 2.24) is 9.80 Å². The average Bonchev–Trinajstić information content (AvgIpc) is 2.36. The van der Waals surface area contributed by atoms with Crippen LogP contribution in [0.25, 0.3) is 0 Å². The van der Waals surface area contributed by atoms with Gasteiger partial charge in [-0.05, 0) is 6.42 Å². The molecule has 0 radical (unpaired) electrons. The summed E-state index contributed by atoms with van der Waals surface area (Å²) >= 11 is 0. The third-order valence-electron chi connectivity index (χ3n) is 2.92. The van der Waals surface area contributed by atoms with E-state index in [2.05, 4.69) is 4.74 Å². The lowest BCUT2D eigenvalue weighted by Gasteiger charge is -2.29. The van der Waals surface area contributed by atoms with Crippen LogP contribution in [0.1, 0.15) is 20.3 Å². The topological polar surface area (TPSA) is 87.2 Å². The maximum absolute atomic E-state index is 12.0. The molecule has 7 nitrogen and oxygen atoms in total. The Hall–Kier alpha value is -1.79. The maximum Gasteiger partial charge on any atom is 0.326 e. The van der Waals surface area contributed by atoms with Crippen LogP contribution in [0.15, 0.2) is 0 Å². The van der Waals surface area contributed by atoms with Crippen LogP contribution in [-0.4, -0.2) is 66.7 Å². The van der Waals surface area contributed by atoms with Crippen molar-refractivity contribution in [2.24, 2.45) is 5.92 Å². The van der Waals surface area contributed by atoms with Crippen LogP contribution in [0.4, 0.5) is 4.79 Å². The van der Waals surface area contributed by atoms with E-state index < -0.39 is 29.9 Å². The monoisotopic (exact) mass is 274 g/mol. The second-order valence-electron chi connectivity index (χ2n) is 4.46. The highest BCUT2D eigenvalue weighted by Crippen LogP contribution is 2.08. The SMILES string of the molecule is CCC(C(=O)O)N(C)C(=O)N(C)CC(C)C(=O)OC. The Bertz CT molecular complexity index is 345. The van der Waals surface area contributed by atoms with Crippen LogP contribution in [0.2, 0.25) is 0 Å². The van der Waals surface area contributed by atoms with Crippen molar-refractivity contribution in [2.75, 3.05) is 27.7 Å². The standard InChI is InChI=1S/C12H22N2O5/c1-6-9(10(15)16)14(4)12(18)13(3)7-8(2)11(17)19-5/h8-9H,6-7H2,1-5H3,(H,15,16). The molecular weight excluding hydrogens is 252 g/mol. The molecule has 0 rings (SSSR count). The lowest BCUT2D eigenvalue weighted by Crippen LogP contribution is -2.48. The summed E-state index contributed by atoms with van der Waals surface area (Å²) in [5, 5.41) is 9.00. The van der Waals surface area contributed by atoms with Gasteiger partial charge in [0.05, 0.1) is 13.0 Å². The third-order valence-corrected chi connectivity index (χ3v) is 2.92. The Morgan fingerprint density at radius 2 is 1.79 bits per heavy atom. The molecule has 0 heterocycles. The fraction of sp³-hybridized carbons (Fsp3) is 0.750. The van der Waals surface area contributed by atoms with Crippen LogP contribution >= 0.6 is 0 Å². The summed E-state index contributed by atoms with van der Waals surface area (Å²) < 4.78 is 4.58. The Kier molecular flexibility index (Phi) is 6.89. The number of esters is 1. The van der Waals surface area contributed by atoms with Crippen molar-refractivity contribution in [2.45, 2.75) is 26.3 Å². The van der Waals surface area contributed by atoms with Crippen LogP contribution in [0, 0.1) is 5.92 Å². The predicted molar refractivity (Wildman–Crippen MR) is 68.7 cm³/mol. The summed E-state index contributed by atoms with van der Waals surface area (Å²) in [4.78, 5) is 36.8. The summed E-state index contributed by atoms with van der Waals surface area (Å²) in [6, 6.07) is -1.31. The molecule has 2 unspecified atom stereocenters. The summed E-state index contributed by atoms with van der Waals surface area (Å²) in [6.45, 7) is 3.51. The predicted octanol–water partition coefficient (Wildman–Crippen LogP) is 0.642. The zero-order valence-electron chi connectivity index (χ0n) is 12.0. The largest absolute Gasteiger partial charge is 0.480 e. The van der Waals surface area contributed by atoms with Gasteiger partial charge >= 0.3 is 18.0 Å². The zero-order valence-corrected chi connectivity index (χ0v) is 12.0. The number of carboxylic acid groups (broad SMARTS) is 1. The molecule has 19 heavy (non-hydrogen) atoms. The van der Waals surface area contributed by atoms with E-state index in [1.807, 2.05) is 0 Å². The fourth-order valence-electron chi connectivity index (χ4n) is 1.78. The van der Waals surface area contributed by atoms with Crippen molar-refractivity contribution in [3.8, 4) is 0 Å². The molecule has 0 aliphatic heterocycles. The number of aliphatic carboxylic acids is 1. The Morgan fingerprint density at radius 3 is 2.16 bits per heavy atom. The van der Waals surface area contributed by atoms with Crippen LogP contribution in [0.5, 0.6) is 0 Å². The molecule has 110 valence electrons. The lowest BCUT2D eigenvalue weighted by atomic mass is 10.1. The average molecular weight is 274 g/mol. The van der Waals surface area contributed by atoms with Crippen LogP contribution in [-0.2, 0) is 14.3 Å². The van der Waals surface area contributed by atoms with Gasteiger partial charge in [0.15, 0.2) is 0 Å². The third kappa shape index (κ3) is 4.76. The number of methoxy groups -OCH3 is 1. The van der Waals surface area contributed by atoms with E-state index in [0.717, 1.165) is 4.90 Å². The van der Waals surface area contributed by atoms with Gasteiger partial charge in [-0.25, -0.2) is 9.59 Å². The smallest absolute Gasteiger partial charge is 0.326 e. The van der Waals surface area contributed by atoms with Crippen LogP contribution in [0.3, 0.4) is 0 Å². The molecule has 2 amide bonds. The molecule has 0 fully saturated rings. The van der Waals surface area contributed by atoms with E-state index in [1.165, 1.54) is 26.1 Å². The number of nitrogens with zero attached hydrogens (tertiary/aromatic N) is 2. The van der Waals surface area contributed by atoms with Crippen LogP contribution < -0.4 is 0 Å². The van der Waals surface area contributed by atoms with Gasteiger partial charge in [-0.2, -0.15) is 0 Å². The number of carbonyl (C=O) groups excluding carboxylic acids is 2. The van der Waals surface area contributed by atoms with Crippen molar-refractivity contribution >= 4 is 18.0 Å². The van der Waals surface area contributed by atoms with Gasteiger partial charge in [0.1, 0.15) is 6.04 Å². The number of ether oxygens (including phenoxy) is 1. The molecule has 0 spiro atoms. The summed E-state index contributed by atoms with van der Waals surface area (Å²) in [6.07, 6.45) is 0.317. The normalized spacial score (nSPS) is 13.3. The molecule has 1 N–H and O–H groups in total. The van der Waals surface area contributed by atoms with Gasteiger partial charge in [0, 0.05) is 20.6 Å². The minimum absolute atomic E-state index is 0.173. The maximum atomic E-state index is 12.0. The summed E-state index contributed by atoms with van der Waals surface area (Å²) in [7, 11) is 4.24. The lowest BCUT2D eigenvalue weighted by molar-refractivity contribution is -0.145. The number of likely N-dealkylation sites (N-methyl/N-ethyl adjacent to an activating group) is 1. The van der Waals surface area contributed by atoms with E-state index in [9.17, 15) is 14.4 Å². The van der Waals surface area contributed by atoms with Gasteiger partial charge in [-0.1, -0.05) is 13.8 Å². The quantitative estimate of drug-likeness (QED) is 0.718. The van der Waals surface area contributed by atoms with Gasteiger partial charge in [-0.15, -0.1) is 0 Å². The first-order valence-corrected chi connectivity index (χ1v) is 6.04. The Morgan fingerprint density at radius 1 is 1.26 bits per heavy atom. The van der Waals surface area contributed by atoms with Gasteiger partial charge in [-0.3, -0.25) is 4.79 Å². The number of amides is 2. The Balaban J connectivity index is 4.64. The molecule has 0 aromatic carbocycles. The van der Waals surface area contributed by atoms with E-state index >= 15 is 0 Å². The first-order chi connectivity index (χ1) is 8.76. The Labute approximate surface area is 113 Å². The fourth-order valence-corrected chi connectivity index (χ4v) is 1.78. The number of carbonyl (C=O) groups is 3. The molecule has 0 aliphatic carbocycles. The van der Waals surface area contributed by atoms with Crippen molar-refractivity contribution in [3.05, 3.63) is 0 Å². The number of hydrogen-bond donors (Lipinski definition) is 1. The molecule has 2 atom stereocenters. The van der Waals surface area contributed by atoms with E-state index in [0.29, 0.717) is 6.42 Å². The van der Waals surface area contributed by atoms with E-state index in [4.69, 9.17) is 5.11 Å². The molecular formula is C12H22N2O5. The first kappa shape index (κ1) is 17.2. The van der Waals surface area contributed by atoms with Crippen molar-refractivity contribution in [3.63, 3.8) is 0 Å². The molecule has 7 heteroatoms. The number of hydrogen-bond acceptors (Lipinski definition) is 4. The summed E-state index contributed by atoms with van der Waals surface area (Å²) in [5.74, 6) is -1.92. The van der Waals surface area contributed by atoms with Gasteiger partial charge < -0.3 is 19.6 Å². The van der Waals surface area contributed by atoms with Gasteiger partial charge in [0.25, 0.3) is 0 Å². The van der Waals surface area contributed by atoms with Crippen molar-refractivity contribution < 1.29 is 24.2 Å². The molecule has 0 saturated heterocycles. The zero-order chi connectivity index (χ0) is 15.2. The van der Waals surface area contributed by atoms with E-state index in [-0.39, 0.29) is 6.54 Å². The first-order valence-electron chi connectivity index (χ1n) is 6.04. The minimum Gasteiger partial charge on any atom is -0.480 e. The molecule has 0 saturated carbocycles. The number of carboxylic acids is 1. The molecule has 0 bridgehead atoms. The second-order valence-corrected chi connectivity index (χ2v) is 4.46. The highest BCUT2D eigenvalue weighted by atomic mass is 16.5. The van der Waals surface area contributed by atoms with Gasteiger partial charge in [0.2, 0.25) is 0 Å². The molecule has 0 aliphatic rings. The van der Waals surface area contributed by atoms with Crippen molar-refractivity contribution in [1.29, 1.82) is 0 Å². The highest BCUT2D eigenvalue weighted by molar-refractivity contribution is 5.82. The minimum atomic E-state index is -1.05. The number of urea groups is 1. The number of rotatable bonds is 6. The van der Waals surface area contributed by atoms with E-state index in [1.54, 1.807) is 13.8 Å². The summed E-state index contributed by atoms with van der Waals surface area (Å²) in [5.41, 5.74) is 0. The highest BCUT2D eigenvalue weighted by Gasteiger charge is 2.28.